The van der Waals surface area contributed by atoms with Gasteiger partial charge in [0, 0.05) is 6.61 Å². The van der Waals surface area contributed by atoms with Crippen molar-refractivity contribution in [1.82, 2.24) is 0 Å². The smallest absolute Gasteiger partial charge is 0.123 e. The molecule has 2 rings (SSSR count). The van der Waals surface area contributed by atoms with Crippen LogP contribution in [0.25, 0.3) is 0 Å². The van der Waals surface area contributed by atoms with Crippen LogP contribution in [-0.2, 0) is 4.74 Å². The fraction of sp³-hybridized carbons (Fsp3) is 0.286. The summed E-state index contributed by atoms with van der Waals surface area (Å²) in [4.78, 5) is 0. The van der Waals surface area contributed by atoms with Crippen LogP contribution in [0.15, 0.2) is 53.1 Å². The summed E-state index contributed by atoms with van der Waals surface area (Å²) in [5, 5.41) is 0. The summed E-state index contributed by atoms with van der Waals surface area (Å²) in [7, 11) is 0. The van der Waals surface area contributed by atoms with E-state index in [9.17, 15) is 0 Å². The molecule has 0 fully saturated rings. The van der Waals surface area contributed by atoms with Gasteiger partial charge in [0.2, 0.25) is 0 Å². The van der Waals surface area contributed by atoms with Crippen molar-refractivity contribution in [2.45, 2.75) is 19.1 Å². The normalized spacial score (nSPS) is 14.5. The molecule has 0 spiro atoms. The van der Waals surface area contributed by atoms with E-state index in [2.05, 4.69) is 0 Å². The molecule has 0 radical (unpaired) electrons. The van der Waals surface area contributed by atoms with Gasteiger partial charge in [0.1, 0.15) is 11.9 Å². The molecule has 3 nitrogen and oxygen atoms in total. The number of nitrogens with two attached hydrogens (primary N) is 1. The zero-order valence-corrected chi connectivity index (χ0v) is 9.87. The Morgan fingerprint density at radius 2 is 1.94 bits per heavy atom. The average molecular weight is 231 g/mol. The van der Waals surface area contributed by atoms with E-state index < -0.39 is 0 Å². The molecule has 2 aromatic rings. The first-order valence-electron chi connectivity index (χ1n) is 5.78. The number of hydrogen-bond donors (Lipinski definition) is 1. The van der Waals surface area contributed by atoms with E-state index in [0.717, 1.165) is 11.3 Å². The molecule has 0 aliphatic heterocycles. The first-order chi connectivity index (χ1) is 8.33. The van der Waals surface area contributed by atoms with Crippen LogP contribution in [-0.4, -0.2) is 6.61 Å². The maximum atomic E-state index is 6.18. The Labute approximate surface area is 101 Å². The lowest BCUT2D eigenvalue weighted by molar-refractivity contribution is 0.0378. The Morgan fingerprint density at radius 1 is 1.18 bits per heavy atom. The van der Waals surface area contributed by atoms with Crippen LogP contribution in [0.1, 0.15) is 30.4 Å². The lowest BCUT2D eigenvalue weighted by Crippen LogP contribution is -2.21. The minimum Gasteiger partial charge on any atom is -0.468 e. The van der Waals surface area contributed by atoms with Gasteiger partial charge in [0.05, 0.1) is 12.3 Å². The van der Waals surface area contributed by atoms with Gasteiger partial charge < -0.3 is 14.9 Å². The highest BCUT2D eigenvalue weighted by Crippen LogP contribution is 2.30. The van der Waals surface area contributed by atoms with Crippen LogP contribution in [0, 0.1) is 0 Å². The van der Waals surface area contributed by atoms with Crippen molar-refractivity contribution in [2.24, 2.45) is 5.73 Å². The predicted molar refractivity (Wildman–Crippen MR) is 66.4 cm³/mol. The Morgan fingerprint density at radius 3 is 2.53 bits per heavy atom. The van der Waals surface area contributed by atoms with Crippen molar-refractivity contribution in [3.8, 4) is 0 Å². The van der Waals surface area contributed by atoms with Crippen LogP contribution >= 0.6 is 0 Å². The van der Waals surface area contributed by atoms with E-state index >= 15 is 0 Å². The van der Waals surface area contributed by atoms with Crippen molar-refractivity contribution in [2.75, 3.05) is 6.61 Å². The minimum absolute atomic E-state index is 0.174. The predicted octanol–water partition coefficient (Wildman–Crippen LogP) is 3.06. The molecule has 2 unspecified atom stereocenters. The molecule has 90 valence electrons. The fourth-order valence-corrected chi connectivity index (χ4v) is 1.86. The lowest BCUT2D eigenvalue weighted by atomic mass is 10.0. The third-order valence-corrected chi connectivity index (χ3v) is 2.67. The Bertz CT molecular complexity index is 425. The van der Waals surface area contributed by atoms with Crippen molar-refractivity contribution < 1.29 is 9.15 Å². The van der Waals surface area contributed by atoms with Gasteiger partial charge in [-0.15, -0.1) is 0 Å². The molecule has 0 saturated carbocycles. The fourth-order valence-electron chi connectivity index (χ4n) is 1.86. The van der Waals surface area contributed by atoms with Crippen LogP contribution in [0.3, 0.4) is 0 Å². The molecule has 1 aromatic carbocycles. The van der Waals surface area contributed by atoms with Gasteiger partial charge in [-0.3, -0.25) is 0 Å². The molecule has 2 atom stereocenters. The highest BCUT2D eigenvalue weighted by Gasteiger charge is 2.23. The summed E-state index contributed by atoms with van der Waals surface area (Å²) < 4.78 is 11.1. The van der Waals surface area contributed by atoms with Gasteiger partial charge in [0.15, 0.2) is 0 Å². The van der Waals surface area contributed by atoms with Crippen LogP contribution in [0.5, 0.6) is 0 Å². The summed E-state index contributed by atoms with van der Waals surface area (Å²) >= 11 is 0. The maximum absolute atomic E-state index is 6.18. The molecular weight excluding hydrogens is 214 g/mol. The number of rotatable bonds is 5. The van der Waals surface area contributed by atoms with Crippen molar-refractivity contribution >= 4 is 0 Å². The summed E-state index contributed by atoms with van der Waals surface area (Å²) in [6, 6.07) is 13.4. The second kappa shape index (κ2) is 5.66. The summed E-state index contributed by atoms with van der Waals surface area (Å²) in [6.07, 6.45) is 1.45. The van der Waals surface area contributed by atoms with Gasteiger partial charge >= 0.3 is 0 Å². The summed E-state index contributed by atoms with van der Waals surface area (Å²) in [6.45, 7) is 2.58. The molecule has 1 heterocycles. The molecule has 2 N–H and O–H groups in total. The van der Waals surface area contributed by atoms with Gasteiger partial charge in [0.25, 0.3) is 0 Å². The molecule has 0 bridgehead atoms. The number of benzene rings is 1. The number of hydrogen-bond acceptors (Lipinski definition) is 3. The Balaban J connectivity index is 2.23. The average Bonchev–Trinajstić information content (AvgIpc) is 2.90. The second-order valence-corrected chi connectivity index (χ2v) is 3.83. The van der Waals surface area contributed by atoms with Gasteiger partial charge in [-0.2, -0.15) is 0 Å². The molecule has 0 aliphatic rings. The van der Waals surface area contributed by atoms with E-state index in [-0.39, 0.29) is 12.1 Å². The quantitative estimate of drug-likeness (QED) is 0.860. The second-order valence-electron chi connectivity index (χ2n) is 3.83. The maximum Gasteiger partial charge on any atom is 0.123 e. The third-order valence-electron chi connectivity index (χ3n) is 2.67. The summed E-state index contributed by atoms with van der Waals surface area (Å²) in [5.41, 5.74) is 7.25. The lowest BCUT2D eigenvalue weighted by Gasteiger charge is -2.22. The largest absolute Gasteiger partial charge is 0.468 e. The molecule has 17 heavy (non-hydrogen) atoms. The van der Waals surface area contributed by atoms with E-state index in [1.165, 1.54) is 0 Å². The van der Waals surface area contributed by atoms with Crippen molar-refractivity contribution in [1.29, 1.82) is 0 Å². The number of furan rings is 1. The first-order valence-corrected chi connectivity index (χ1v) is 5.78. The molecular formula is C14H17NO2. The zero-order valence-electron chi connectivity index (χ0n) is 9.87. The topological polar surface area (TPSA) is 48.4 Å². The monoisotopic (exact) mass is 231 g/mol. The van der Waals surface area contributed by atoms with Crippen molar-refractivity contribution in [3.63, 3.8) is 0 Å². The Kier molecular flexibility index (Phi) is 3.96. The van der Waals surface area contributed by atoms with Crippen LogP contribution in [0.2, 0.25) is 0 Å². The highest BCUT2D eigenvalue weighted by molar-refractivity contribution is 5.21. The standard InChI is InChI=1S/C14H17NO2/c1-2-16-14(11-7-4-3-5-8-11)13(15)12-9-6-10-17-12/h3-10,13-14H,2,15H2,1H3. The van der Waals surface area contributed by atoms with E-state index in [4.69, 9.17) is 14.9 Å². The minimum atomic E-state index is -0.285. The van der Waals surface area contributed by atoms with Crippen LogP contribution in [0.4, 0.5) is 0 Å². The zero-order chi connectivity index (χ0) is 12.1. The SMILES string of the molecule is CCOC(c1ccccc1)C(N)c1ccco1. The number of ether oxygens (including phenoxy) is 1. The van der Waals surface area contributed by atoms with Gasteiger partial charge in [-0.1, -0.05) is 30.3 Å². The molecule has 0 aliphatic carbocycles. The van der Waals surface area contributed by atoms with Crippen LogP contribution < -0.4 is 5.73 Å². The van der Waals surface area contributed by atoms with Gasteiger partial charge in [-0.05, 0) is 24.6 Å². The highest BCUT2D eigenvalue weighted by atomic mass is 16.5. The van der Waals surface area contributed by atoms with Crippen molar-refractivity contribution in [3.05, 3.63) is 60.1 Å². The Hall–Kier alpha value is -1.58. The van der Waals surface area contributed by atoms with E-state index in [1.807, 2.05) is 49.4 Å². The molecule has 0 amide bonds. The first kappa shape index (κ1) is 11.9. The summed E-state index contributed by atoms with van der Waals surface area (Å²) in [5.74, 6) is 0.743. The van der Waals surface area contributed by atoms with Gasteiger partial charge in [-0.25, -0.2) is 0 Å². The third kappa shape index (κ3) is 2.75. The molecule has 3 heteroatoms. The molecule has 1 aromatic heterocycles. The van der Waals surface area contributed by atoms with E-state index in [0.29, 0.717) is 6.61 Å². The van der Waals surface area contributed by atoms with E-state index in [1.54, 1.807) is 6.26 Å². The molecule has 0 saturated heterocycles.